The molecule has 1 amide bonds. The molecule has 3 aromatic rings. The predicted molar refractivity (Wildman–Crippen MR) is 111 cm³/mol. The normalized spacial score (nSPS) is 16.5. The molecule has 1 aliphatic rings. The first-order valence-corrected chi connectivity index (χ1v) is 9.89. The van der Waals surface area contributed by atoms with Crippen molar-refractivity contribution in [2.24, 2.45) is 11.7 Å². The van der Waals surface area contributed by atoms with E-state index in [0.717, 1.165) is 42.0 Å². The number of hydrogen-bond acceptors (Lipinski definition) is 3. The summed E-state index contributed by atoms with van der Waals surface area (Å²) in [5, 5.41) is 5.45. The second-order valence-electron chi connectivity index (χ2n) is 7.20. The lowest BCUT2D eigenvalue weighted by Gasteiger charge is -2.16. The maximum atomic E-state index is 12.9. The Balaban J connectivity index is 1.65. The average Bonchev–Trinajstić information content (AvgIpc) is 3.37. The third-order valence-electron chi connectivity index (χ3n) is 5.24. The van der Waals surface area contributed by atoms with Gasteiger partial charge in [-0.2, -0.15) is 5.10 Å². The van der Waals surface area contributed by atoms with E-state index in [-0.39, 0.29) is 5.91 Å². The molecule has 1 aromatic heterocycles. The molecule has 28 heavy (non-hydrogen) atoms. The van der Waals surface area contributed by atoms with Crippen molar-refractivity contribution >= 4 is 17.5 Å². The zero-order valence-corrected chi connectivity index (χ0v) is 16.3. The molecule has 2 N–H and O–H groups in total. The number of likely N-dealkylation sites (tertiary alicyclic amines) is 1. The first kappa shape index (κ1) is 18.7. The quantitative estimate of drug-likeness (QED) is 0.719. The van der Waals surface area contributed by atoms with Crippen molar-refractivity contribution in [1.82, 2.24) is 14.7 Å². The van der Waals surface area contributed by atoms with Gasteiger partial charge in [-0.25, -0.2) is 4.68 Å². The van der Waals surface area contributed by atoms with Crippen LogP contribution in [0.2, 0.25) is 5.02 Å². The molecule has 0 saturated carbocycles. The van der Waals surface area contributed by atoms with E-state index >= 15 is 0 Å². The van der Waals surface area contributed by atoms with E-state index in [1.54, 1.807) is 0 Å². The van der Waals surface area contributed by atoms with Gasteiger partial charge in [0.15, 0.2) is 0 Å². The molecule has 1 saturated heterocycles. The molecule has 4 rings (SSSR count). The van der Waals surface area contributed by atoms with Crippen LogP contribution < -0.4 is 5.73 Å². The molecule has 144 valence electrons. The van der Waals surface area contributed by atoms with Crippen molar-refractivity contribution in [2.75, 3.05) is 19.6 Å². The van der Waals surface area contributed by atoms with Crippen molar-refractivity contribution in [3.63, 3.8) is 0 Å². The number of aromatic nitrogens is 2. The summed E-state index contributed by atoms with van der Waals surface area (Å²) in [4.78, 5) is 14.8. The van der Waals surface area contributed by atoms with Crippen molar-refractivity contribution in [2.45, 2.75) is 12.8 Å². The molecule has 1 unspecified atom stereocenters. The van der Waals surface area contributed by atoms with E-state index in [1.165, 1.54) is 0 Å². The standard InChI is InChI=1S/C22H23ClN4O/c23-19-8-6-17(7-9-19)22-18(12-21(28)26-11-10-16(13-24)14-26)15-27(25-22)20-4-2-1-3-5-20/h1-9,15-16H,10-14,24H2. The first-order valence-electron chi connectivity index (χ1n) is 9.52. The van der Waals surface area contributed by atoms with Gasteiger partial charge in [-0.05, 0) is 43.1 Å². The molecule has 0 aliphatic carbocycles. The van der Waals surface area contributed by atoms with Gasteiger partial charge < -0.3 is 10.6 Å². The van der Waals surface area contributed by atoms with E-state index in [2.05, 4.69) is 0 Å². The van der Waals surface area contributed by atoms with E-state index in [0.29, 0.717) is 23.9 Å². The van der Waals surface area contributed by atoms with E-state index in [4.69, 9.17) is 22.4 Å². The van der Waals surface area contributed by atoms with Crippen LogP contribution in [0.25, 0.3) is 16.9 Å². The molecule has 0 bridgehead atoms. The summed E-state index contributed by atoms with van der Waals surface area (Å²) >= 11 is 6.04. The Bertz CT molecular complexity index is 952. The number of nitrogens with two attached hydrogens (primary N) is 1. The SMILES string of the molecule is NCC1CCN(C(=O)Cc2cn(-c3ccccc3)nc2-c2ccc(Cl)cc2)C1. The molecule has 5 nitrogen and oxygen atoms in total. The highest BCUT2D eigenvalue weighted by molar-refractivity contribution is 6.30. The number of carbonyl (C=O) groups is 1. The molecule has 0 radical (unpaired) electrons. The Labute approximate surface area is 169 Å². The van der Waals surface area contributed by atoms with Gasteiger partial charge in [0.1, 0.15) is 0 Å². The summed E-state index contributed by atoms with van der Waals surface area (Å²) in [5.74, 6) is 0.533. The zero-order chi connectivity index (χ0) is 19.5. The predicted octanol–water partition coefficient (Wildman–Crippen LogP) is 3.54. The number of amides is 1. The van der Waals surface area contributed by atoms with Crippen LogP contribution in [0, 0.1) is 5.92 Å². The third-order valence-corrected chi connectivity index (χ3v) is 5.49. The summed E-state index contributed by atoms with van der Waals surface area (Å²) < 4.78 is 1.83. The molecule has 2 heterocycles. The second kappa shape index (κ2) is 8.17. The average molecular weight is 395 g/mol. The number of para-hydroxylation sites is 1. The monoisotopic (exact) mass is 394 g/mol. The largest absolute Gasteiger partial charge is 0.342 e. The fourth-order valence-corrected chi connectivity index (χ4v) is 3.76. The number of carbonyl (C=O) groups excluding carboxylic acids is 1. The topological polar surface area (TPSA) is 64.2 Å². The van der Waals surface area contributed by atoms with Crippen LogP contribution in [0.1, 0.15) is 12.0 Å². The number of benzene rings is 2. The highest BCUT2D eigenvalue weighted by Gasteiger charge is 2.26. The van der Waals surface area contributed by atoms with Crippen molar-refractivity contribution in [3.05, 3.63) is 71.4 Å². The van der Waals surface area contributed by atoms with Crippen molar-refractivity contribution in [1.29, 1.82) is 0 Å². The minimum Gasteiger partial charge on any atom is -0.342 e. The molecule has 1 aliphatic heterocycles. The Morgan fingerprint density at radius 2 is 1.89 bits per heavy atom. The zero-order valence-electron chi connectivity index (χ0n) is 15.6. The van der Waals surface area contributed by atoms with Crippen LogP contribution in [0.5, 0.6) is 0 Å². The molecular formula is C22H23ClN4O. The Kier molecular flexibility index (Phi) is 5.46. The van der Waals surface area contributed by atoms with Gasteiger partial charge in [-0.3, -0.25) is 4.79 Å². The summed E-state index contributed by atoms with van der Waals surface area (Å²) in [7, 11) is 0. The molecule has 1 atom stereocenters. The van der Waals surface area contributed by atoms with Gasteiger partial charge in [0.2, 0.25) is 5.91 Å². The number of hydrogen-bond donors (Lipinski definition) is 1. The van der Waals surface area contributed by atoms with Gasteiger partial charge in [0.25, 0.3) is 0 Å². The third kappa shape index (κ3) is 3.96. The minimum absolute atomic E-state index is 0.124. The van der Waals surface area contributed by atoms with E-state index in [9.17, 15) is 4.79 Å². The summed E-state index contributed by atoms with van der Waals surface area (Å²) in [6, 6.07) is 17.5. The minimum atomic E-state index is 0.124. The lowest BCUT2D eigenvalue weighted by atomic mass is 10.1. The van der Waals surface area contributed by atoms with Crippen LogP contribution in [0.4, 0.5) is 0 Å². The highest BCUT2D eigenvalue weighted by Crippen LogP contribution is 2.26. The summed E-state index contributed by atoms with van der Waals surface area (Å²) in [6.45, 7) is 2.16. The smallest absolute Gasteiger partial charge is 0.227 e. The summed E-state index contributed by atoms with van der Waals surface area (Å²) in [5.41, 5.74) is 9.39. The maximum absolute atomic E-state index is 12.9. The van der Waals surface area contributed by atoms with E-state index in [1.807, 2.05) is 70.4 Å². The van der Waals surface area contributed by atoms with Crippen LogP contribution in [-0.4, -0.2) is 40.2 Å². The van der Waals surface area contributed by atoms with Crippen LogP contribution in [0.15, 0.2) is 60.8 Å². The highest BCUT2D eigenvalue weighted by atomic mass is 35.5. The number of rotatable bonds is 5. The van der Waals surface area contributed by atoms with Crippen LogP contribution in [0.3, 0.4) is 0 Å². The van der Waals surface area contributed by atoms with Crippen LogP contribution in [-0.2, 0) is 11.2 Å². The Morgan fingerprint density at radius 1 is 1.14 bits per heavy atom. The second-order valence-corrected chi connectivity index (χ2v) is 7.63. The van der Waals surface area contributed by atoms with Crippen molar-refractivity contribution in [3.8, 4) is 16.9 Å². The summed E-state index contributed by atoms with van der Waals surface area (Å²) in [6.07, 6.45) is 3.26. The van der Waals surface area contributed by atoms with Crippen LogP contribution >= 0.6 is 11.6 Å². The Hall–Kier alpha value is -2.63. The fraction of sp³-hybridized carbons (Fsp3) is 0.273. The fourth-order valence-electron chi connectivity index (χ4n) is 3.63. The Morgan fingerprint density at radius 3 is 2.57 bits per heavy atom. The van der Waals surface area contributed by atoms with E-state index < -0.39 is 0 Å². The lowest BCUT2D eigenvalue weighted by Crippen LogP contribution is -2.31. The lowest BCUT2D eigenvalue weighted by molar-refractivity contribution is -0.129. The number of halogens is 1. The first-order chi connectivity index (χ1) is 13.6. The van der Waals surface area contributed by atoms with Gasteiger partial charge >= 0.3 is 0 Å². The molecule has 6 heteroatoms. The van der Waals surface area contributed by atoms with Gasteiger partial charge in [-0.1, -0.05) is 41.9 Å². The van der Waals surface area contributed by atoms with Gasteiger partial charge in [0, 0.05) is 35.4 Å². The molecule has 1 fully saturated rings. The maximum Gasteiger partial charge on any atom is 0.227 e. The van der Waals surface area contributed by atoms with Crippen molar-refractivity contribution < 1.29 is 4.79 Å². The van der Waals surface area contributed by atoms with Gasteiger partial charge in [-0.15, -0.1) is 0 Å². The molecular weight excluding hydrogens is 372 g/mol. The molecule has 2 aromatic carbocycles. The van der Waals surface area contributed by atoms with Gasteiger partial charge in [0.05, 0.1) is 17.8 Å². The number of nitrogens with zero attached hydrogens (tertiary/aromatic N) is 3. The molecule has 0 spiro atoms.